The Bertz CT molecular complexity index is 455. The first-order chi connectivity index (χ1) is 8.25. The van der Waals surface area contributed by atoms with E-state index in [2.05, 4.69) is 9.97 Å². The zero-order valence-corrected chi connectivity index (χ0v) is 9.58. The molecule has 0 aliphatic heterocycles. The van der Waals surface area contributed by atoms with Crippen molar-refractivity contribution in [2.75, 3.05) is 0 Å². The van der Waals surface area contributed by atoms with Crippen molar-refractivity contribution in [1.82, 2.24) is 9.97 Å². The molecule has 0 amide bonds. The van der Waals surface area contributed by atoms with Crippen LogP contribution in [0.3, 0.4) is 0 Å². The van der Waals surface area contributed by atoms with Crippen LogP contribution >= 0.6 is 0 Å². The number of hydrogen-bond donors (Lipinski definition) is 1. The highest BCUT2D eigenvalue weighted by molar-refractivity contribution is 5.28. The molecule has 1 N–H and O–H groups in total. The highest BCUT2D eigenvalue weighted by Crippen LogP contribution is 2.17. The summed E-state index contributed by atoms with van der Waals surface area (Å²) in [4.78, 5) is 8.13. The van der Waals surface area contributed by atoms with Crippen LogP contribution in [0.25, 0.3) is 0 Å². The maximum absolute atomic E-state index is 9.36. The van der Waals surface area contributed by atoms with Gasteiger partial charge in [0.2, 0.25) is 0 Å². The molecule has 2 aromatic rings. The average Bonchev–Trinajstić information content (AvgIpc) is 2.38. The van der Waals surface area contributed by atoms with E-state index in [0.29, 0.717) is 12.4 Å². The Kier molecular flexibility index (Phi) is 3.67. The quantitative estimate of drug-likeness (QED) is 0.874. The highest BCUT2D eigenvalue weighted by Gasteiger charge is 2.01. The van der Waals surface area contributed by atoms with Gasteiger partial charge in [-0.05, 0) is 30.7 Å². The first-order valence-electron chi connectivity index (χ1n) is 5.42. The molecule has 0 saturated heterocycles. The Labute approximate surface area is 99.9 Å². The number of ether oxygens (including phenoxy) is 1. The molecule has 1 heterocycles. The largest absolute Gasteiger partial charge is 0.486 e. The molecular weight excluding hydrogens is 216 g/mol. The van der Waals surface area contributed by atoms with Crippen molar-refractivity contribution in [2.24, 2.45) is 0 Å². The third kappa shape index (κ3) is 3.26. The van der Waals surface area contributed by atoms with Crippen LogP contribution in [0, 0.1) is 0 Å². The predicted octanol–water partition coefficient (Wildman–Crippen LogP) is 2.11. The van der Waals surface area contributed by atoms with Crippen molar-refractivity contribution in [3.63, 3.8) is 0 Å². The minimum Gasteiger partial charge on any atom is -0.486 e. The minimum absolute atomic E-state index is 0.342. The van der Waals surface area contributed by atoms with Gasteiger partial charge in [0.1, 0.15) is 12.4 Å². The lowest BCUT2D eigenvalue weighted by molar-refractivity contribution is 0.199. The summed E-state index contributed by atoms with van der Waals surface area (Å²) < 4.78 is 5.52. The van der Waals surface area contributed by atoms with Crippen LogP contribution in [-0.2, 0) is 6.61 Å². The molecule has 88 valence electrons. The van der Waals surface area contributed by atoms with Gasteiger partial charge in [-0.15, -0.1) is 0 Å². The molecule has 0 radical (unpaired) electrons. The third-order valence-electron chi connectivity index (χ3n) is 2.35. The number of benzene rings is 1. The maximum atomic E-state index is 9.36. The number of aromatic nitrogens is 2. The van der Waals surface area contributed by atoms with E-state index < -0.39 is 6.10 Å². The van der Waals surface area contributed by atoms with Crippen molar-refractivity contribution in [3.8, 4) is 5.75 Å². The molecule has 0 aliphatic rings. The van der Waals surface area contributed by atoms with E-state index in [1.54, 1.807) is 25.4 Å². The van der Waals surface area contributed by atoms with Gasteiger partial charge in [0.25, 0.3) is 0 Å². The summed E-state index contributed by atoms with van der Waals surface area (Å²) in [6.45, 7) is 2.07. The van der Waals surface area contributed by atoms with Crippen LogP contribution in [-0.4, -0.2) is 15.1 Å². The summed E-state index contributed by atoms with van der Waals surface area (Å²) in [6.07, 6.45) is 2.91. The molecule has 1 aromatic heterocycles. The van der Waals surface area contributed by atoms with Gasteiger partial charge >= 0.3 is 0 Å². The van der Waals surface area contributed by atoms with E-state index in [-0.39, 0.29) is 0 Å². The summed E-state index contributed by atoms with van der Waals surface area (Å²) >= 11 is 0. The molecule has 0 bridgehead atoms. The molecule has 4 heteroatoms. The second kappa shape index (κ2) is 5.41. The lowest BCUT2D eigenvalue weighted by Gasteiger charge is -2.07. The second-order valence-corrected chi connectivity index (χ2v) is 3.70. The van der Waals surface area contributed by atoms with Gasteiger partial charge < -0.3 is 9.84 Å². The third-order valence-corrected chi connectivity index (χ3v) is 2.35. The molecule has 0 saturated carbocycles. The smallest absolute Gasteiger partial charge is 0.166 e. The van der Waals surface area contributed by atoms with Crippen LogP contribution in [0.1, 0.15) is 24.4 Å². The van der Waals surface area contributed by atoms with E-state index in [1.807, 2.05) is 24.3 Å². The van der Waals surface area contributed by atoms with Gasteiger partial charge in [-0.1, -0.05) is 12.1 Å². The molecular formula is C13H14N2O2. The Morgan fingerprint density at radius 1 is 1.18 bits per heavy atom. The predicted molar refractivity (Wildman–Crippen MR) is 63.4 cm³/mol. The molecule has 1 aromatic carbocycles. The molecule has 1 atom stereocenters. The number of aliphatic hydroxyl groups excluding tert-OH is 1. The number of hydrogen-bond acceptors (Lipinski definition) is 4. The second-order valence-electron chi connectivity index (χ2n) is 3.70. The molecule has 0 fully saturated rings. The highest BCUT2D eigenvalue weighted by atomic mass is 16.5. The van der Waals surface area contributed by atoms with Crippen LogP contribution < -0.4 is 4.74 Å². The van der Waals surface area contributed by atoms with Gasteiger partial charge in [0.15, 0.2) is 5.82 Å². The molecule has 17 heavy (non-hydrogen) atoms. The van der Waals surface area contributed by atoms with E-state index in [0.717, 1.165) is 11.3 Å². The number of aliphatic hydroxyl groups is 1. The monoisotopic (exact) mass is 230 g/mol. The zero-order chi connectivity index (χ0) is 12.1. The van der Waals surface area contributed by atoms with E-state index in [9.17, 15) is 5.11 Å². The fourth-order valence-corrected chi connectivity index (χ4v) is 1.39. The van der Waals surface area contributed by atoms with Crippen molar-refractivity contribution in [2.45, 2.75) is 19.6 Å². The van der Waals surface area contributed by atoms with Crippen LogP contribution in [0.2, 0.25) is 0 Å². The SMILES string of the molecule is C[C@H](O)c1ccc(OCc2ncccn2)cc1. The number of nitrogens with zero attached hydrogens (tertiary/aromatic N) is 2. The minimum atomic E-state index is -0.457. The fourth-order valence-electron chi connectivity index (χ4n) is 1.39. The van der Waals surface area contributed by atoms with E-state index >= 15 is 0 Å². The van der Waals surface area contributed by atoms with Gasteiger partial charge in [-0.2, -0.15) is 0 Å². The Morgan fingerprint density at radius 3 is 2.41 bits per heavy atom. The first-order valence-corrected chi connectivity index (χ1v) is 5.42. The summed E-state index contributed by atoms with van der Waals surface area (Å²) in [5.41, 5.74) is 0.869. The van der Waals surface area contributed by atoms with Gasteiger partial charge in [0.05, 0.1) is 6.10 Å². The lowest BCUT2D eigenvalue weighted by atomic mass is 10.1. The summed E-state index contributed by atoms with van der Waals surface area (Å²) in [6, 6.07) is 9.09. The average molecular weight is 230 g/mol. The summed E-state index contributed by atoms with van der Waals surface area (Å²) in [7, 11) is 0. The van der Waals surface area contributed by atoms with Crippen LogP contribution in [0.4, 0.5) is 0 Å². The van der Waals surface area contributed by atoms with Crippen molar-refractivity contribution in [3.05, 3.63) is 54.1 Å². The maximum Gasteiger partial charge on any atom is 0.166 e. The van der Waals surface area contributed by atoms with E-state index in [1.165, 1.54) is 0 Å². The molecule has 2 rings (SSSR count). The molecule has 0 unspecified atom stereocenters. The summed E-state index contributed by atoms with van der Waals surface area (Å²) in [5, 5.41) is 9.36. The summed E-state index contributed by atoms with van der Waals surface area (Å²) in [5.74, 6) is 1.38. The van der Waals surface area contributed by atoms with Crippen molar-refractivity contribution < 1.29 is 9.84 Å². The van der Waals surface area contributed by atoms with Gasteiger partial charge in [-0.25, -0.2) is 9.97 Å². The Balaban J connectivity index is 1.96. The topological polar surface area (TPSA) is 55.2 Å². The first kappa shape index (κ1) is 11.5. The fraction of sp³-hybridized carbons (Fsp3) is 0.231. The molecule has 4 nitrogen and oxygen atoms in total. The van der Waals surface area contributed by atoms with Crippen molar-refractivity contribution in [1.29, 1.82) is 0 Å². The number of rotatable bonds is 4. The van der Waals surface area contributed by atoms with Crippen LogP contribution in [0.15, 0.2) is 42.7 Å². The lowest BCUT2D eigenvalue weighted by Crippen LogP contribution is -2.00. The normalized spacial score (nSPS) is 12.1. The Morgan fingerprint density at radius 2 is 1.82 bits per heavy atom. The molecule has 0 aliphatic carbocycles. The standard InChI is InChI=1S/C13H14N2O2/c1-10(16)11-3-5-12(6-4-11)17-9-13-14-7-2-8-15-13/h2-8,10,16H,9H2,1H3/t10-/m0/s1. The zero-order valence-electron chi connectivity index (χ0n) is 9.58. The van der Waals surface area contributed by atoms with Crippen LogP contribution in [0.5, 0.6) is 5.75 Å². The van der Waals surface area contributed by atoms with E-state index in [4.69, 9.17) is 4.74 Å². The van der Waals surface area contributed by atoms with Crippen molar-refractivity contribution >= 4 is 0 Å². The van der Waals surface area contributed by atoms with Gasteiger partial charge in [-0.3, -0.25) is 0 Å². The Hall–Kier alpha value is -1.94. The van der Waals surface area contributed by atoms with Gasteiger partial charge in [0, 0.05) is 12.4 Å². The molecule has 0 spiro atoms.